The molecule has 25 heavy (non-hydrogen) atoms. The Hall–Kier alpha value is -2.78. The number of H-pyrrole nitrogens is 1. The number of nitrogens with one attached hydrogen (secondary N) is 1. The third-order valence-corrected chi connectivity index (χ3v) is 4.85. The van der Waals surface area contributed by atoms with Gasteiger partial charge in [-0.25, -0.2) is 0 Å². The number of fused-ring (bicyclic) bond motifs is 2. The van der Waals surface area contributed by atoms with Crippen LogP contribution in [0.1, 0.15) is 21.6 Å². The first-order valence-electron chi connectivity index (χ1n) is 7.99. The van der Waals surface area contributed by atoms with Gasteiger partial charge in [0.05, 0.1) is 23.2 Å². The van der Waals surface area contributed by atoms with Crippen LogP contribution in [0.15, 0.2) is 54.6 Å². The highest BCUT2D eigenvalue weighted by Gasteiger charge is 2.23. The molecule has 0 saturated heterocycles. The lowest BCUT2D eigenvalue weighted by molar-refractivity contribution is 0.104. The number of hydrogen-bond acceptors (Lipinski definition) is 2. The van der Waals surface area contributed by atoms with Crippen LogP contribution in [0.25, 0.3) is 21.7 Å². The van der Waals surface area contributed by atoms with E-state index in [1.807, 2.05) is 55.5 Å². The number of halogens is 1. The molecule has 0 aliphatic heterocycles. The van der Waals surface area contributed by atoms with Gasteiger partial charge in [-0.15, -0.1) is 0 Å². The predicted molar refractivity (Wildman–Crippen MR) is 102 cm³/mol. The summed E-state index contributed by atoms with van der Waals surface area (Å²) < 4.78 is 5.41. The smallest absolute Gasteiger partial charge is 0.197 e. The minimum atomic E-state index is -0.0844. The summed E-state index contributed by atoms with van der Waals surface area (Å²) in [5.41, 5.74) is 2.79. The maximum atomic E-state index is 13.4. The molecule has 0 aliphatic rings. The van der Waals surface area contributed by atoms with Gasteiger partial charge in [-0.1, -0.05) is 54.1 Å². The molecule has 1 heterocycles. The van der Waals surface area contributed by atoms with Crippen molar-refractivity contribution in [3.05, 3.63) is 76.4 Å². The number of para-hydroxylation sites is 1. The summed E-state index contributed by atoms with van der Waals surface area (Å²) in [5, 5.41) is 3.15. The van der Waals surface area contributed by atoms with Crippen molar-refractivity contribution in [1.29, 1.82) is 0 Å². The normalized spacial score (nSPS) is 11.2. The van der Waals surface area contributed by atoms with E-state index in [9.17, 15) is 4.79 Å². The van der Waals surface area contributed by atoms with Crippen molar-refractivity contribution in [1.82, 2.24) is 4.98 Å². The molecule has 3 nitrogen and oxygen atoms in total. The molecule has 4 aromatic rings. The highest BCUT2D eigenvalue weighted by Crippen LogP contribution is 2.34. The molecule has 4 heteroatoms. The minimum absolute atomic E-state index is 0.0844. The molecule has 0 radical (unpaired) electrons. The van der Waals surface area contributed by atoms with E-state index < -0.39 is 0 Å². The third-order valence-electron chi connectivity index (χ3n) is 4.54. The van der Waals surface area contributed by atoms with Gasteiger partial charge in [0.25, 0.3) is 0 Å². The fourth-order valence-electron chi connectivity index (χ4n) is 3.38. The Bertz CT molecular complexity index is 1130. The largest absolute Gasteiger partial charge is 0.495 e. The van der Waals surface area contributed by atoms with Gasteiger partial charge >= 0.3 is 0 Å². The number of aromatic amines is 1. The van der Waals surface area contributed by atoms with Crippen LogP contribution in [-0.2, 0) is 0 Å². The lowest BCUT2D eigenvalue weighted by atomic mass is 9.95. The summed E-state index contributed by atoms with van der Waals surface area (Å²) in [6.07, 6.45) is 0. The highest BCUT2D eigenvalue weighted by atomic mass is 35.5. The molecule has 0 spiro atoms. The average molecular weight is 350 g/mol. The predicted octanol–water partition coefficient (Wildman–Crippen LogP) is 5.52. The van der Waals surface area contributed by atoms with Crippen molar-refractivity contribution >= 4 is 39.1 Å². The van der Waals surface area contributed by atoms with Crippen LogP contribution in [0.5, 0.6) is 5.75 Å². The molecular formula is C21H16ClNO2. The first-order valence-corrected chi connectivity index (χ1v) is 8.37. The number of methoxy groups -OCH3 is 1. The lowest BCUT2D eigenvalue weighted by Crippen LogP contribution is -2.04. The maximum absolute atomic E-state index is 13.4. The topological polar surface area (TPSA) is 42.1 Å². The second kappa shape index (κ2) is 5.94. The highest BCUT2D eigenvalue weighted by molar-refractivity contribution is 6.38. The number of aryl methyl sites for hydroxylation is 1. The first-order chi connectivity index (χ1) is 12.1. The number of carbonyl (C=O) groups is 1. The van der Waals surface area contributed by atoms with E-state index >= 15 is 0 Å². The number of aromatic nitrogens is 1. The second-order valence-electron chi connectivity index (χ2n) is 5.98. The SMILES string of the molecule is COc1cccc2c(C(=O)c3c(Cl)ccc4ccccc34)c(C)[nH]c12. The number of carbonyl (C=O) groups excluding carboxylic acids is 1. The third kappa shape index (κ3) is 2.39. The van der Waals surface area contributed by atoms with E-state index in [1.165, 1.54) is 0 Å². The Labute approximate surface area is 150 Å². The van der Waals surface area contributed by atoms with E-state index in [1.54, 1.807) is 13.2 Å². The van der Waals surface area contributed by atoms with Crippen molar-refractivity contribution in [3.63, 3.8) is 0 Å². The Morgan fingerprint density at radius 1 is 0.960 bits per heavy atom. The molecule has 0 unspecified atom stereocenters. The van der Waals surface area contributed by atoms with Crippen LogP contribution in [0.4, 0.5) is 0 Å². The number of ether oxygens (including phenoxy) is 1. The van der Waals surface area contributed by atoms with Crippen LogP contribution in [-0.4, -0.2) is 17.9 Å². The summed E-state index contributed by atoms with van der Waals surface area (Å²) in [5.74, 6) is 0.627. The average Bonchev–Trinajstić information content (AvgIpc) is 2.97. The zero-order valence-corrected chi connectivity index (χ0v) is 14.6. The number of benzene rings is 3. The Kier molecular flexibility index (Phi) is 3.74. The van der Waals surface area contributed by atoms with Gasteiger partial charge in [-0.05, 0) is 29.8 Å². The monoisotopic (exact) mass is 349 g/mol. The van der Waals surface area contributed by atoms with E-state index in [2.05, 4.69) is 4.98 Å². The first kappa shape index (κ1) is 15.7. The number of ketones is 1. The van der Waals surface area contributed by atoms with Gasteiger partial charge in [-0.2, -0.15) is 0 Å². The Balaban J connectivity index is 2.01. The molecule has 1 aromatic heterocycles. The van der Waals surface area contributed by atoms with Gasteiger partial charge in [0.15, 0.2) is 5.78 Å². The van der Waals surface area contributed by atoms with Gasteiger partial charge in [-0.3, -0.25) is 4.79 Å². The van der Waals surface area contributed by atoms with Gasteiger partial charge in [0.2, 0.25) is 0 Å². The molecule has 0 bridgehead atoms. The minimum Gasteiger partial charge on any atom is -0.495 e. The molecule has 1 N–H and O–H groups in total. The van der Waals surface area contributed by atoms with Crippen LogP contribution >= 0.6 is 11.6 Å². The molecule has 0 saturated carbocycles. The Morgan fingerprint density at radius 3 is 2.52 bits per heavy atom. The fourth-order valence-corrected chi connectivity index (χ4v) is 3.63. The van der Waals surface area contributed by atoms with Gasteiger partial charge in [0, 0.05) is 16.6 Å². The number of hydrogen-bond donors (Lipinski definition) is 1. The molecular weight excluding hydrogens is 334 g/mol. The van der Waals surface area contributed by atoms with Gasteiger partial charge in [0.1, 0.15) is 5.75 Å². The van der Waals surface area contributed by atoms with E-state index in [0.717, 1.165) is 27.4 Å². The summed E-state index contributed by atoms with van der Waals surface area (Å²) >= 11 is 6.42. The van der Waals surface area contributed by atoms with Crippen molar-refractivity contribution in [2.24, 2.45) is 0 Å². The number of rotatable bonds is 3. The van der Waals surface area contributed by atoms with Crippen LogP contribution in [0.2, 0.25) is 5.02 Å². The second-order valence-corrected chi connectivity index (χ2v) is 6.39. The van der Waals surface area contributed by atoms with Crippen molar-refractivity contribution in [3.8, 4) is 5.75 Å². The molecule has 0 aliphatic carbocycles. The van der Waals surface area contributed by atoms with E-state index in [4.69, 9.17) is 16.3 Å². The molecule has 0 fully saturated rings. The van der Waals surface area contributed by atoms with Crippen LogP contribution in [0.3, 0.4) is 0 Å². The van der Waals surface area contributed by atoms with E-state index in [-0.39, 0.29) is 5.78 Å². The Morgan fingerprint density at radius 2 is 1.72 bits per heavy atom. The molecule has 0 atom stereocenters. The van der Waals surface area contributed by atoms with E-state index in [0.29, 0.717) is 21.9 Å². The summed E-state index contributed by atoms with van der Waals surface area (Å²) in [7, 11) is 1.62. The molecule has 0 amide bonds. The summed E-state index contributed by atoms with van der Waals surface area (Å²) in [6.45, 7) is 1.89. The van der Waals surface area contributed by atoms with Crippen LogP contribution in [0, 0.1) is 6.92 Å². The van der Waals surface area contributed by atoms with Crippen molar-refractivity contribution in [2.45, 2.75) is 6.92 Å². The van der Waals surface area contributed by atoms with Gasteiger partial charge < -0.3 is 9.72 Å². The summed E-state index contributed by atoms with van der Waals surface area (Å²) in [4.78, 5) is 16.7. The summed E-state index contributed by atoms with van der Waals surface area (Å²) in [6, 6.07) is 17.2. The quantitative estimate of drug-likeness (QED) is 0.494. The molecule has 4 rings (SSSR count). The van der Waals surface area contributed by atoms with Crippen molar-refractivity contribution in [2.75, 3.05) is 7.11 Å². The van der Waals surface area contributed by atoms with Crippen LogP contribution < -0.4 is 4.74 Å². The molecule has 124 valence electrons. The lowest BCUT2D eigenvalue weighted by Gasteiger charge is -2.09. The maximum Gasteiger partial charge on any atom is 0.197 e. The standard InChI is InChI=1S/C21H16ClNO2/c1-12-18(15-8-5-9-17(25-2)20(15)23-12)21(24)19-14-7-4-3-6-13(14)10-11-16(19)22/h3-11,23H,1-2H3. The zero-order chi connectivity index (χ0) is 17.6. The zero-order valence-electron chi connectivity index (χ0n) is 13.9. The van der Waals surface area contributed by atoms with Crippen molar-refractivity contribution < 1.29 is 9.53 Å². The molecule has 3 aromatic carbocycles. The fraction of sp³-hybridized carbons (Fsp3) is 0.0952.